The molecule has 8 heteroatoms. The van der Waals surface area contributed by atoms with Crippen LogP contribution in [0.2, 0.25) is 0 Å². The number of sulfonamides is 1. The number of rotatable bonds is 5. The van der Waals surface area contributed by atoms with E-state index in [2.05, 4.69) is 14.6 Å². The first kappa shape index (κ1) is 18.2. The summed E-state index contributed by atoms with van der Waals surface area (Å²) in [5.41, 5.74) is 2.48. The molecule has 0 radical (unpaired) electrons. The molecule has 0 unspecified atom stereocenters. The van der Waals surface area contributed by atoms with Crippen LogP contribution in [0.1, 0.15) is 11.1 Å². The van der Waals surface area contributed by atoms with E-state index in [1.165, 1.54) is 0 Å². The molecule has 0 spiro atoms. The van der Waals surface area contributed by atoms with Gasteiger partial charge in [-0.15, -0.1) is 0 Å². The van der Waals surface area contributed by atoms with Crippen molar-refractivity contribution in [1.29, 1.82) is 0 Å². The predicted octanol–water partition coefficient (Wildman–Crippen LogP) is 1.78. The van der Waals surface area contributed by atoms with E-state index in [4.69, 9.17) is 0 Å². The Balaban J connectivity index is 1.73. The molecule has 1 saturated heterocycles. The van der Waals surface area contributed by atoms with E-state index >= 15 is 0 Å². The van der Waals surface area contributed by atoms with Gasteiger partial charge in [0.15, 0.2) is 0 Å². The number of aromatic nitrogens is 1. The van der Waals surface area contributed by atoms with E-state index in [-0.39, 0.29) is 10.7 Å². The Labute approximate surface area is 153 Å². The number of hydrogen-bond acceptors (Lipinski definition) is 5. The van der Waals surface area contributed by atoms with Gasteiger partial charge in [0.25, 0.3) is 10.0 Å². The number of amides is 1. The number of nitrogens with zero attached hydrogens (tertiary/aromatic N) is 3. The molecule has 1 aromatic heterocycles. The average Bonchev–Trinajstić information content (AvgIpc) is 2.64. The summed E-state index contributed by atoms with van der Waals surface area (Å²) in [6, 6.07) is 8.82. The van der Waals surface area contributed by atoms with Crippen LogP contribution in [-0.2, 0) is 14.8 Å². The first-order valence-corrected chi connectivity index (χ1v) is 9.88. The van der Waals surface area contributed by atoms with Crippen molar-refractivity contribution >= 4 is 27.9 Å². The van der Waals surface area contributed by atoms with Crippen LogP contribution in [0.15, 0.2) is 41.4 Å². The summed E-state index contributed by atoms with van der Waals surface area (Å²) in [7, 11) is -3.69. The average molecular weight is 374 g/mol. The van der Waals surface area contributed by atoms with E-state index in [1.54, 1.807) is 36.2 Å². The second-order valence-electron chi connectivity index (χ2n) is 6.40. The van der Waals surface area contributed by atoms with Gasteiger partial charge in [0.05, 0.1) is 16.8 Å². The highest BCUT2D eigenvalue weighted by Gasteiger charge is 2.19. The number of pyridine rings is 1. The third-order valence-corrected chi connectivity index (χ3v) is 5.95. The Bertz CT molecular complexity index is 889. The minimum absolute atomic E-state index is 0.258. The Hall–Kier alpha value is -2.61. The number of hydrogen-bond donors (Lipinski definition) is 1. The predicted molar refractivity (Wildman–Crippen MR) is 101 cm³/mol. The van der Waals surface area contributed by atoms with Gasteiger partial charge in [-0.2, -0.15) is 0 Å². The zero-order valence-corrected chi connectivity index (χ0v) is 15.7. The molecule has 3 rings (SSSR count). The number of carbonyl (C=O) groups is 1. The quantitative estimate of drug-likeness (QED) is 0.807. The number of anilines is 2. The lowest BCUT2D eigenvalue weighted by Crippen LogP contribution is -2.45. The van der Waals surface area contributed by atoms with Gasteiger partial charge in [0.2, 0.25) is 6.41 Å². The Morgan fingerprint density at radius 1 is 1.08 bits per heavy atom. The standard InChI is InChI=1S/C18H22N4O3S/c1-14-3-4-15(2)17(11-14)26(24,25)20-18-6-5-16(12-19-18)22-9-7-21(13-23)8-10-22/h3-6,11-13H,7-10H2,1-2H3,(H,19,20). The van der Waals surface area contributed by atoms with Crippen molar-refractivity contribution in [2.24, 2.45) is 0 Å². The molecule has 0 bridgehead atoms. The van der Waals surface area contributed by atoms with Gasteiger partial charge >= 0.3 is 0 Å². The van der Waals surface area contributed by atoms with Crippen LogP contribution in [0.4, 0.5) is 11.5 Å². The van der Waals surface area contributed by atoms with Crippen molar-refractivity contribution in [3.05, 3.63) is 47.7 Å². The summed E-state index contributed by atoms with van der Waals surface area (Å²) in [4.78, 5) is 19.1. The zero-order chi connectivity index (χ0) is 18.7. The molecule has 1 fully saturated rings. The number of carbonyl (C=O) groups excluding carboxylic acids is 1. The lowest BCUT2D eigenvalue weighted by molar-refractivity contribution is -0.118. The molecule has 0 saturated carbocycles. The molecule has 1 aliphatic heterocycles. The molecule has 1 aromatic carbocycles. The first-order valence-electron chi connectivity index (χ1n) is 8.39. The van der Waals surface area contributed by atoms with Gasteiger partial charge < -0.3 is 9.80 Å². The van der Waals surface area contributed by atoms with Crippen molar-refractivity contribution in [2.45, 2.75) is 18.7 Å². The normalized spacial score (nSPS) is 15.0. The van der Waals surface area contributed by atoms with Gasteiger partial charge in [0.1, 0.15) is 5.82 Å². The van der Waals surface area contributed by atoms with Crippen LogP contribution in [0, 0.1) is 13.8 Å². The van der Waals surface area contributed by atoms with Crippen molar-refractivity contribution in [1.82, 2.24) is 9.88 Å². The number of aryl methyl sites for hydroxylation is 2. The molecule has 1 aliphatic rings. The Morgan fingerprint density at radius 2 is 1.81 bits per heavy atom. The fourth-order valence-corrected chi connectivity index (χ4v) is 4.25. The van der Waals surface area contributed by atoms with Gasteiger partial charge in [-0.25, -0.2) is 13.4 Å². The molecule has 2 aromatic rings. The summed E-state index contributed by atoms with van der Waals surface area (Å²) in [6.07, 6.45) is 2.51. The zero-order valence-electron chi connectivity index (χ0n) is 14.8. The van der Waals surface area contributed by atoms with Crippen LogP contribution in [0.5, 0.6) is 0 Å². The maximum Gasteiger partial charge on any atom is 0.263 e. The van der Waals surface area contributed by atoms with Crippen LogP contribution in [-0.4, -0.2) is 50.9 Å². The maximum absolute atomic E-state index is 12.6. The van der Waals surface area contributed by atoms with Crippen LogP contribution >= 0.6 is 0 Å². The fourth-order valence-electron chi connectivity index (χ4n) is 2.91. The summed E-state index contributed by atoms with van der Waals surface area (Å²) in [5, 5.41) is 0. The highest BCUT2D eigenvalue weighted by atomic mass is 32.2. The smallest absolute Gasteiger partial charge is 0.263 e. The van der Waals surface area contributed by atoms with E-state index in [9.17, 15) is 13.2 Å². The minimum atomic E-state index is -3.69. The second kappa shape index (κ2) is 7.33. The van der Waals surface area contributed by atoms with E-state index in [0.717, 1.165) is 30.8 Å². The molecule has 26 heavy (non-hydrogen) atoms. The second-order valence-corrected chi connectivity index (χ2v) is 8.06. The summed E-state index contributed by atoms with van der Waals surface area (Å²) in [6.45, 7) is 6.43. The minimum Gasteiger partial charge on any atom is -0.367 e. The molecule has 7 nitrogen and oxygen atoms in total. The molecule has 138 valence electrons. The molecule has 0 aliphatic carbocycles. The topological polar surface area (TPSA) is 82.6 Å². The third-order valence-electron chi connectivity index (χ3n) is 4.45. The van der Waals surface area contributed by atoms with Crippen molar-refractivity contribution < 1.29 is 13.2 Å². The first-order chi connectivity index (χ1) is 12.4. The molecule has 1 amide bonds. The van der Waals surface area contributed by atoms with Gasteiger partial charge in [-0.05, 0) is 43.2 Å². The van der Waals surface area contributed by atoms with E-state index in [0.29, 0.717) is 18.7 Å². The highest BCUT2D eigenvalue weighted by molar-refractivity contribution is 7.92. The number of piperazine rings is 1. The summed E-state index contributed by atoms with van der Waals surface area (Å²) in [5.74, 6) is 0.279. The van der Waals surface area contributed by atoms with Gasteiger partial charge in [-0.3, -0.25) is 9.52 Å². The van der Waals surface area contributed by atoms with Gasteiger partial charge in [-0.1, -0.05) is 12.1 Å². The summed E-state index contributed by atoms with van der Waals surface area (Å²) < 4.78 is 27.8. The van der Waals surface area contributed by atoms with Gasteiger partial charge in [0, 0.05) is 26.2 Å². The molecule has 1 N–H and O–H groups in total. The molecule has 0 atom stereocenters. The number of benzene rings is 1. The maximum atomic E-state index is 12.6. The monoisotopic (exact) mass is 374 g/mol. The summed E-state index contributed by atoms with van der Waals surface area (Å²) >= 11 is 0. The highest BCUT2D eigenvalue weighted by Crippen LogP contribution is 2.21. The van der Waals surface area contributed by atoms with Crippen molar-refractivity contribution in [2.75, 3.05) is 35.8 Å². The third kappa shape index (κ3) is 3.96. The lowest BCUT2D eigenvalue weighted by atomic mass is 10.2. The van der Waals surface area contributed by atoms with Crippen LogP contribution in [0.3, 0.4) is 0 Å². The SMILES string of the molecule is Cc1ccc(C)c(S(=O)(=O)Nc2ccc(N3CCN(C=O)CC3)cn2)c1. The molecule has 2 heterocycles. The van der Waals surface area contributed by atoms with Crippen molar-refractivity contribution in [3.8, 4) is 0 Å². The van der Waals surface area contributed by atoms with Crippen LogP contribution in [0.25, 0.3) is 0 Å². The molecular formula is C18H22N4O3S. The fraction of sp³-hybridized carbons (Fsp3) is 0.333. The molecular weight excluding hydrogens is 352 g/mol. The Morgan fingerprint density at radius 3 is 2.42 bits per heavy atom. The van der Waals surface area contributed by atoms with Crippen molar-refractivity contribution in [3.63, 3.8) is 0 Å². The lowest BCUT2D eigenvalue weighted by Gasteiger charge is -2.33. The van der Waals surface area contributed by atoms with E-state index in [1.807, 2.05) is 19.1 Å². The largest absolute Gasteiger partial charge is 0.367 e. The van der Waals surface area contributed by atoms with Crippen LogP contribution < -0.4 is 9.62 Å². The number of nitrogens with one attached hydrogen (secondary N) is 1. The Kier molecular flexibility index (Phi) is 5.13. The van der Waals surface area contributed by atoms with E-state index < -0.39 is 10.0 Å².